The van der Waals surface area contributed by atoms with E-state index in [9.17, 15) is 19.8 Å². The molecule has 7 heteroatoms. The number of fused-ring (bicyclic) bond motifs is 5. The Morgan fingerprint density at radius 2 is 1.88 bits per heavy atom. The molecular weight excluding hydrogens is 528 g/mol. The second-order valence-corrected chi connectivity index (χ2v) is 11.4. The molecule has 214 valence electrons. The second kappa shape index (κ2) is 11.9. The molecule has 0 radical (unpaired) electrons. The van der Waals surface area contributed by atoms with Gasteiger partial charge >= 0.3 is 5.97 Å². The van der Waals surface area contributed by atoms with E-state index >= 15 is 0 Å². The lowest BCUT2D eigenvalue weighted by Crippen LogP contribution is -3.20. The molecular formula is C35H34N2O5. The minimum absolute atomic E-state index is 0.0858. The van der Waals surface area contributed by atoms with Crippen LogP contribution in [0.2, 0.25) is 0 Å². The Hall–Kier alpha value is -4.33. The molecule has 1 aromatic heterocycles. The van der Waals surface area contributed by atoms with Gasteiger partial charge in [-0.25, -0.2) is 0 Å². The molecule has 1 unspecified atom stereocenters. The molecule has 4 aliphatic heterocycles. The number of hydrogen-bond donors (Lipinski definition) is 2. The van der Waals surface area contributed by atoms with Crippen LogP contribution in [0.15, 0.2) is 97.7 Å². The van der Waals surface area contributed by atoms with Gasteiger partial charge in [-0.15, -0.1) is 6.58 Å². The van der Waals surface area contributed by atoms with Gasteiger partial charge in [-0.1, -0.05) is 54.6 Å². The van der Waals surface area contributed by atoms with Crippen LogP contribution in [0.5, 0.6) is 5.75 Å². The number of carboxylic acid groups (broad SMARTS) is 1. The Labute approximate surface area is 245 Å². The van der Waals surface area contributed by atoms with E-state index in [1.165, 1.54) is 31.2 Å². The predicted molar refractivity (Wildman–Crippen MR) is 157 cm³/mol. The van der Waals surface area contributed by atoms with E-state index in [1.54, 1.807) is 4.90 Å². The van der Waals surface area contributed by atoms with E-state index < -0.39 is 12.1 Å². The van der Waals surface area contributed by atoms with Crippen LogP contribution in [-0.4, -0.2) is 41.2 Å². The molecule has 7 nitrogen and oxygen atoms in total. The van der Waals surface area contributed by atoms with Gasteiger partial charge in [0, 0.05) is 41.8 Å². The molecule has 5 heterocycles. The Bertz CT molecular complexity index is 1620. The number of hydrogen-bond acceptors (Lipinski definition) is 6. The molecule has 3 saturated heterocycles. The zero-order valence-corrected chi connectivity index (χ0v) is 23.3. The molecule has 2 N–H and O–H groups in total. The fraction of sp³-hybridized carbons (Fsp3) is 0.286. The number of aromatic nitrogens is 1. The van der Waals surface area contributed by atoms with Gasteiger partial charge in [0.1, 0.15) is 17.9 Å². The third-order valence-corrected chi connectivity index (χ3v) is 9.12. The molecule has 3 aromatic carbocycles. The van der Waals surface area contributed by atoms with Crippen LogP contribution in [0.25, 0.3) is 10.9 Å². The van der Waals surface area contributed by atoms with Crippen LogP contribution in [0.4, 0.5) is 0 Å². The van der Waals surface area contributed by atoms with Gasteiger partial charge in [-0.05, 0) is 52.9 Å². The number of carbonyl (C=O) groups is 2. The van der Waals surface area contributed by atoms with E-state index in [1.807, 2.05) is 60.8 Å². The van der Waals surface area contributed by atoms with Crippen molar-refractivity contribution in [3.8, 4) is 5.75 Å². The summed E-state index contributed by atoms with van der Waals surface area (Å²) in [5.41, 5.74) is 3.75. The number of para-hydroxylation sites is 1. The van der Waals surface area contributed by atoms with Crippen LogP contribution in [-0.2, 0) is 4.79 Å². The van der Waals surface area contributed by atoms with Crippen molar-refractivity contribution >= 4 is 22.8 Å². The van der Waals surface area contributed by atoms with Crippen molar-refractivity contribution < 1.29 is 29.4 Å². The minimum Gasteiger partial charge on any atom is -0.545 e. The smallest absolute Gasteiger partial charge is 0.312 e. The largest absolute Gasteiger partial charge is 0.545 e. The number of esters is 1. The number of piperidine rings is 3. The second-order valence-electron chi connectivity index (χ2n) is 11.4. The van der Waals surface area contributed by atoms with Crippen molar-refractivity contribution in [1.82, 2.24) is 4.98 Å². The standard InChI is InChI=1S/C19H22N2O.C16H12O4/c1-2-13-12-21-10-8-14(13)11-18(21)19(22)16-7-9-20-17-6-4-3-5-15(16)17;17-15-9-12(10-4-2-1-3-5-10)13-8-11(16(18)19)6-7-14(13)20-15/h2-7,9,13-14,18-19,22H,1,8,10-12H2;1-8,12H,9H2,(H,18,19)/t13-,14-,18-,19+;12-/m01/s1. The third-order valence-electron chi connectivity index (χ3n) is 9.12. The highest BCUT2D eigenvalue weighted by Crippen LogP contribution is 2.39. The van der Waals surface area contributed by atoms with Crippen molar-refractivity contribution in [2.45, 2.75) is 37.3 Å². The van der Waals surface area contributed by atoms with E-state index in [4.69, 9.17) is 4.74 Å². The van der Waals surface area contributed by atoms with E-state index in [-0.39, 0.29) is 23.9 Å². The number of carboxylic acids is 1. The summed E-state index contributed by atoms with van der Waals surface area (Å²) in [7, 11) is 0. The van der Waals surface area contributed by atoms with Crippen LogP contribution < -0.4 is 14.7 Å². The average molecular weight is 563 g/mol. The number of aliphatic hydroxyl groups excluding tert-OH is 1. The summed E-state index contributed by atoms with van der Waals surface area (Å²) in [4.78, 5) is 28.6. The van der Waals surface area contributed by atoms with Crippen LogP contribution in [0.3, 0.4) is 0 Å². The fourth-order valence-corrected chi connectivity index (χ4v) is 6.96. The third kappa shape index (κ3) is 5.45. The molecule has 0 amide bonds. The SMILES string of the molecule is C=C[C@H]1C[NH+]2CC[C@H]1C[C@H]2[C@H](O)c1ccnc2ccccc12.O=C1C[C@H](c2ccccc2)c2cc(C(=O)[O-])ccc2O1. The van der Waals surface area contributed by atoms with Crippen molar-refractivity contribution in [3.63, 3.8) is 0 Å². The fourth-order valence-electron chi connectivity index (χ4n) is 6.96. The van der Waals surface area contributed by atoms with Gasteiger partial charge in [-0.2, -0.15) is 0 Å². The maximum Gasteiger partial charge on any atom is 0.312 e. The molecule has 4 aromatic rings. The number of nitrogens with one attached hydrogen (secondary N) is 1. The summed E-state index contributed by atoms with van der Waals surface area (Å²) in [6.07, 6.45) is 6.10. The number of quaternary nitrogens is 1. The number of pyridine rings is 1. The topological polar surface area (TPSA) is 104 Å². The van der Waals surface area contributed by atoms with Crippen molar-refractivity contribution in [1.29, 1.82) is 0 Å². The number of ether oxygens (including phenoxy) is 1. The maximum atomic E-state index is 11.7. The van der Waals surface area contributed by atoms with E-state index in [2.05, 4.69) is 23.7 Å². The van der Waals surface area contributed by atoms with Crippen molar-refractivity contribution in [2.24, 2.45) is 11.8 Å². The highest BCUT2D eigenvalue weighted by molar-refractivity contribution is 5.87. The highest BCUT2D eigenvalue weighted by Gasteiger charge is 2.45. The summed E-state index contributed by atoms with van der Waals surface area (Å²) in [6.45, 7) is 6.29. The number of benzene rings is 3. The lowest BCUT2D eigenvalue weighted by atomic mass is 9.73. The summed E-state index contributed by atoms with van der Waals surface area (Å²) < 4.78 is 5.17. The van der Waals surface area contributed by atoms with Crippen molar-refractivity contribution in [3.05, 3.63) is 120 Å². The Kier molecular flexibility index (Phi) is 7.87. The van der Waals surface area contributed by atoms with Gasteiger partial charge in [0.05, 0.1) is 31.0 Å². The molecule has 8 rings (SSSR count). The summed E-state index contributed by atoms with van der Waals surface area (Å²) in [5, 5.41) is 23.1. The highest BCUT2D eigenvalue weighted by atomic mass is 16.5. The first-order valence-electron chi connectivity index (χ1n) is 14.5. The molecule has 3 fully saturated rings. The monoisotopic (exact) mass is 562 g/mol. The van der Waals surface area contributed by atoms with Crippen LogP contribution >= 0.6 is 0 Å². The first kappa shape index (κ1) is 27.8. The van der Waals surface area contributed by atoms with Gasteiger partial charge in [0.15, 0.2) is 0 Å². The Balaban J connectivity index is 0.000000151. The van der Waals surface area contributed by atoms with E-state index in [0.29, 0.717) is 29.2 Å². The molecule has 6 atom stereocenters. The zero-order valence-electron chi connectivity index (χ0n) is 23.3. The number of aliphatic hydroxyl groups is 1. The first-order chi connectivity index (χ1) is 20.4. The summed E-state index contributed by atoms with van der Waals surface area (Å²) in [5.74, 6) is 0.0000494. The molecule has 0 saturated carbocycles. The zero-order chi connectivity index (χ0) is 29.2. The molecule has 0 spiro atoms. The quantitative estimate of drug-likeness (QED) is 0.220. The normalized spacial score (nSPS) is 25.0. The average Bonchev–Trinajstić information content (AvgIpc) is 3.04. The van der Waals surface area contributed by atoms with Crippen molar-refractivity contribution in [2.75, 3.05) is 13.1 Å². The van der Waals surface area contributed by atoms with Gasteiger partial charge in [0.25, 0.3) is 0 Å². The number of aromatic carboxylic acids is 1. The predicted octanol–water partition coefficient (Wildman–Crippen LogP) is 3.24. The number of carbonyl (C=O) groups excluding carboxylic acids is 2. The lowest BCUT2D eigenvalue weighted by molar-refractivity contribution is -0.949. The van der Waals surface area contributed by atoms with Crippen LogP contribution in [0, 0.1) is 11.8 Å². The van der Waals surface area contributed by atoms with Gasteiger partial charge < -0.3 is 24.6 Å². The first-order valence-corrected chi connectivity index (χ1v) is 14.5. The Morgan fingerprint density at radius 1 is 1.10 bits per heavy atom. The minimum atomic E-state index is -1.24. The van der Waals surface area contributed by atoms with Gasteiger partial charge in [0.2, 0.25) is 0 Å². The van der Waals surface area contributed by atoms with Crippen LogP contribution in [0.1, 0.15) is 58.3 Å². The van der Waals surface area contributed by atoms with E-state index in [0.717, 1.165) is 35.0 Å². The Morgan fingerprint density at radius 3 is 2.62 bits per heavy atom. The molecule has 42 heavy (non-hydrogen) atoms. The number of nitrogens with zero attached hydrogens (tertiary/aromatic N) is 1. The molecule has 0 aliphatic carbocycles. The summed E-state index contributed by atoms with van der Waals surface area (Å²) in [6, 6.07) is 24.3. The molecule has 2 bridgehead atoms. The maximum absolute atomic E-state index is 11.7. The summed E-state index contributed by atoms with van der Waals surface area (Å²) >= 11 is 0. The number of rotatable bonds is 5. The lowest BCUT2D eigenvalue weighted by Gasteiger charge is -2.47. The van der Waals surface area contributed by atoms with Gasteiger partial charge in [-0.3, -0.25) is 9.78 Å². The molecule has 4 aliphatic rings.